The van der Waals surface area contributed by atoms with Gasteiger partial charge in [0.15, 0.2) is 11.5 Å². The van der Waals surface area contributed by atoms with E-state index in [1.807, 2.05) is 6.07 Å². The molecule has 2 N–H and O–H groups in total. The van der Waals surface area contributed by atoms with Crippen molar-refractivity contribution in [3.63, 3.8) is 0 Å². The Morgan fingerprint density at radius 1 is 1.17 bits per heavy atom. The van der Waals surface area contributed by atoms with Crippen molar-refractivity contribution < 1.29 is 19.1 Å². The third-order valence-corrected chi connectivity index (χ3v) is 3.50. The van der Waals surface area contributed by atoms with Gasteiger partial charge in [-0.1, -0.05) is 17.7 Å². The van der Waals surface area contributed by atoms with Crippen LogP contribution in [-0.2, 0) is 0 Å². The zero-order chi connectivity index (χ0) is 17.1. The van der Waals surface area contributed by atoms with Crippen LogP contribution in [0, 0.1) is 11.3 Å². The van der Waals surface area contributed by atoms with Gasteiger partial charge in [0.1, 0.15) is 0 Å². The lowest BCUT2D eigenvalue weighted by molar-refractivity contribution is 0.0967. The molecule has 0 spiro atoms. The molecule has 1 aliphatic heterocycles. The second kappa shape index (κ2) is 6.48. The minimum atomic E-state index is -0.746. The molecule has 0 aromatic heterocycles. The lowest BCUT2D eigenvalue weighted by Crippen LogP contribution is -2.34. The lowest BCUT2D eigenvalue weighted by atomic mass is 10.2. The number of fused-ring (bicyclic) bond motifs is 1. The molecule has 7 nitrogen and oxygen atoms in total. The number of imide groups is 1. The van der Waals surface area contributed by atoms with E-state index in [0.29, 0.717) is 22.7 Å². The van der Waals surface area contributed by atoms with Crippen LogP contribution in [0.15, 0.2) is 36.4 Å². The molecule has 2 aromatic carbocycles. The van der Waals surface area contributed by atoms with Gasteiger partial charge in [0.2, 0.25) is 6.79 Å². The predicted molar refractivity (Wildman–Crippen MR) is 85.2 cm³/mol. The Balaban J connectivity index is 1.70. The molecule has 0 saturated carbocycles. The third kappa shape index (κ3) is 3.24. The number of hydrogen-bond donors (Lipinski definition) is 2. The minimum absolute atomic E-state index is 0.0481. The fraction of sp³-hybridized carbons (Fsp3) is 0.0625. The van der Waals surface area contributed by atoms with Crippen LogP contribution < -0.4 is 20.1 Å². The van der Waals surface area contributed by atoms with Crippen LogP contribution in [0.2, 0.25) is 5.02 Å². The second-order valence-corrected chi connectivity index (χ2v) is 5.19. The molecule has 24 heavy (non-hydrogen) atoms. The highest BCUT2D eigenvalue weighted by Gasteiger charge is 2.21. The smallest absolute Gasteiger partial charge is 0.326 e. The van der Waals surface area contributed by atoms with Gasteiger partial charge < -0.3 is 14.8 Å². The normalized spacial score (nSPS) is 11.5. The van der Waals surface area contributed by atoms with Crippen LogP contribution in [0.1, 0.15) is 15.9 Å². The summed E-state index contributed by atoms with van der Waals surface area (Å²) in [4.78, 5) is 24.1. The van der Waals surface area contributed by atoms with E-state index >= 15 is 0 Å². The molecule has 0 atom stereocenters. The SMILES string of the molecule is N#Cc1cccc(NC(=O)NC(=O)c2cc3c(cc2Cl)OCO3)c1. The summed E-state index contributed by atoms with van der Waals surface area (Å²) in [7, 11) is 0. The highest BCUT2D eigenvalue weighted by molar-refractivity contribution is 6.34. The van der Waals surface area contributed by atoms with E-state index in [9.17, 15) is 9.59 Å². The zero-order valence-corrected chi connectivity index (χ0v) is 12.9. The number of rotatable bonds is 2. The average Bonchev–Trinajstić information content (AvgIpc) is 3.01. The summed E-state index contributed by atoms with van der Waals surface area (Å²) in [6.07, 6.45) is 0. The molecule has 1 heterocycles. The Bertz CT molecular complexity index is 876. The van der Waals surface area contributed by atoms with E-state index < -0.39 is 11.9 Å². The Morgan fingerprint density at radius 2 is 1.92 bits per heavy atom. The fourth-order valence-electron chi connectivity index (χ4n) is 2.09. The monoisotopic (exact) mass is 343 g/mol. The molecule has 0 unspecified atom stereocenters. The van der Waals surface area contributed by atoms with Crippen molar-refractivity contribution in [1.29, 1.82) is 5.26 Å². The minimum Gasteiger partial charge on any atom is -0.454 e. The van der Waals surface area contributed by atoms with Crippen molar-refractivity contribution in [2.75, 3.05) is 12.1 Å². The number of nitrogens with one attached hydrogen (secondary N) is 2. The molecule has 0 bridgehead atoms. The number of nitrogens with zero attached hydrogens (tertiary/aromatic N) is 1. The Hall–Kier alpha value is -3.24. The molecule has 1 aliphatic rings. The molecule has 2 aromatic rings. The molecule has 120 valence electrons. The van der Waals surface area contributed by atoms with Crippen molar-refractivity contribution in [3.8, 4) is 17.6 Å². The van der Waals surface area contributed by atoms with Crippen molar-refractivity contribution >= 4 is 29.2 Å². The number of halogens is 1. The number of ether oxygens (including phenoxy) is 2. The summed E-state index contributed by atoms with van der Waals surface area (Å²) in [5, 5.41) is 13.6. The molecule has 3 amide bonds. The molecule has 0 fully saturated rings. The molecular formula is C16H10ClN3O4. The van der Waals surface area contributed by atoms with Crippen LogP contribution in [0.5, 0.6) is 11.5 Å². The van der Waals surface area contributed by atoms with Crippen molar-refractivity contribution in [2.45, 2.75) is 0 Å². The molecular weight excluding hydrogens is 334 g/mol. The van der Waals surface area contributed by atoms with Gasteiger partial charge >= 0.3 is 6.03 Å². The topological polar surface area (TPSA) is 100 Å². The van der Waals surface area contributed by atoms with Crippen molar-refractivity contribution in [1.82, 2.24) is 5.32 Å². The summed E-state index contributed by atoms with van der Waals surface area (Å²) >= 11 is 6.02. The van der Waals surface area contributed by atoms with Crippen LogP contribution in [0.25, 0.3) is 0 Å². The summed E-state index contributed by atoms with van der Waals surface area (Å²) in [5.74, 6) is 0.133. The maximum atomic E-state index is 12.2. The summed E-state index contributed by atoms with van der Waals surface area (Å²) in [6, 6.07) is 10.4. The molecule has 3 rings (SSSR count). The van der Waals surface area contributed by atoms with Crippen LogP contribution in [0.3, 0.4) is 0 Å². The Labute approximate surface area is 141 Å². The van der Waals surface area contributed by atoms with Gasteiger partial charge in [-0.25, -0.2) is 4.79 Å². The molecule has 0 saturated heterocycles. The van der Waals surface area contributed by atoms with Crippen LogP contribution in [0.4, 0.5) is 10.5 Å². The second-order valence-electron chi connectivity index (χ2n) is 4.79. The maximum absolute atomic E-state index is 12.2. The van der Waals surface area contributed by atoms with Gasteiger partial charge in [-0.05, 0) is 24.3 Å². The van der Waals surface area contributed by atoms with E-state index in [-0.39, 0.29) is 17.4 Å². The van der Waals surface area contributed by atoms with Crippen LogP contribution in [-0.4, -0.2) is 18.7 Å². The van der Waals surface area contributed by atoms with Crippen molar-refractivity contribution in [2.24, 2.45) is 0 Å². The molecule has 0 radical (unpaired) electrons. The highest BCUT2D eigenvalue weighted by Crippen LogP contribution is 2.36. The summed E-state index contributed by atoms with van der Waals surface area (Å²) < 4.78 is 10.3. The number of nitriles is 1. The summed E-state index contributed by atoms with van der Waals surface area (Å²) in [6.45, 7) is 0.0481. The van der Waals surface area contributed by atoms with E-state index in [2.05, 4.69) is 10.6 Å². The average molecular weight is 344 g/mol. The van der Waals surface area contributed by atoms with Gasteiger partial charge in [-0.3, -0.25) is 10.1 Å². The van der Waals surface area contributed by atoms with Gasteiger partial charge in [0, 0.05) is 11.8 Å². The van der Waals surface area contributed by atoms with E-state index in [4.69, 9.17) is 26.3 Å². The first-order chi connectivity index (χ1) is 11.6. The van der Waals surface area contributed by atoms with Crippen molar-refractivity contribution in [3.05, 3.63) is 52.5 Å². The quantitative estimate of drug-likeness (QED) is 0.873. The Kier molecular flexibility index (Phi) is 4.22. The predicted octanol–water partition coefficient (Wildman–Crippen LogP) is 2.90. The number of carbonyl (C=O) groups is 2. The van der Waals surface area contributed by atoms with E-state index in [1.165, 1.54) is 18.2 Å². The highest BCUT2D eigenvalue weighted by atomic mass is 35.5. The number of benzene rings is 2. The third-order valence-electron chi connectivity index (χ3n) is 3.18. The van der Waals surface area contributed by atoms with Gasteiger partial charge in [-0.2, -0.15) is 5.26 Å². The number of urea groups is 1. The number of amides is 3. The summed E-state index contributed by atoms with van der Waals surface area (Å²) in [5.41, 5.74) is 0.857. The fourth-order valence-corrected chi connectivity index (χ4v) is 2.33. The molecule has 8 heteroatoms. The maximum Gasteiger partial charge on any atom is 0.326 e. The van der Waals surface area contributed by atoms with Gasteiger partial charge in [0.25, 0.3) is 5.91 Å². The largest absolute Gasteiger partial charge is 0.454 e. The van der Waals surface area contributed by atoms with E-state index in [1.54, 1.807) is 18.2 Å². The van der Waals surface area contributed by atoms with Gasteiger partial charge in [-0.15, -0.1) is 0 Å². The standard InChI is InChI=1S/C16H10ClN3O4/c17-12-6-14-13(23-8-24-14)5-11(12)15(21)20-16(22)19-10-3-1-2-9(4-10)7-18/h1-6H,8H2,(H2,19,20,21,22). The van der Waals surface area contributed by atoms with Crippen LogP contribution >= 0.6 is 11.6 Å². The molecule has 0 aliphatic carbocycles. The first kappa shape index (κ1) is 15.6. The lowest BCUT2D eigenvalue weighted by Gasteiger charge is -2.08. The number of hydrogen-bond acceptors (Lipinski definition) is 5. The zero-order valence-electron chi connectivity index (χ0n) is 12.1. The number of anilines is 1. The van der Waals surface area contributed by atoms with Gasteiger partial charge in [0.05, 0.1) is 22.2 Å². The Morgan fingerprint density at radius 3 is 2.67 bits per heavy atom. The first-order valence-corrected chi connectivity index (χ1v) is 7.16. The first-order valence-electron chi connectivity index (χ1n) is 6.78. The number of carbonyl (C=O) groups excluding carboxylic acids is 2. The van der Waals surface area contributed by atoms with E-state index in [0.717, 1.165) is 0 Å².